The molecule has 0 radical (unpaired) electrons. The fourth-order valence-corrected chi connectivity index (χ4v) is 1.45. The van der Waals surface area contributed by atoms with Gasteiger partial charge in [-0.05, 0) is 30.2 Å². The number of ether oxygens (including phenoxy) is 1. The first-order chi connectivity index (χ1) is 9.61. The molecule has 0 saturated heterocycles. The van der Waals surface area contributed by atoms with E-state index >= 15 is 0 Å². The van der Waals surface area contributed by atoms with Crippen molar-refractivity contribution in [3.05, 3.63) is 36.0 Å². The van der Waals surface area contributed by atoms with Crippen LogP contribution in [-0.4, -0.2) is 30.8 Å². The Balaban J connectivity index is 2.29. The van der Waals surface area contributed by atoms with Crippen LogP contribution in [0, 0.1) is 0 Å². The minimum Gasteiger partial charge on any atom is -0.497 e. The summed E-state index contributed by atoms with van der Waals surface area (Å²) in [4.78, 5) is 21.6. The summed E-state index contributed by atoms with van der Waals surface area (Å²) in [6.45, 7) is 0.325. The lowest BCUT2D eigenvalue weighted by Crippen LogP contribution is -2.32. The Kier molecular flexibility index (Phi) is 6.67. The van der Waals surface area contributed by atoms with Gasteiger partial charge in [0.1, 0.15) is 5.75 Å². The third-order valence-electron chi connectivity index (χ3n) is 2.44. The van der Waals surface area contributed by atoms with Crippen LogP contribution in [0.1, 0.15) is 18.4 Å². The average Bonchev–Trinajstić information content (AvgIpc) is 2.43. The molecule has 1 rings (SSSR count). The van der Waals surface area contributed by atoms with Gasteiger partial charge in [-0.15, -0.1) is 0 Å². The SMILES string of the molecule is COc1cccc(/C=C/NC(=O)NCCCC(=O)O)c1. The molecule has 6 heteroatoms. The van der Waals surface area contributed by atoms with Crippen molar-refractivity contribution >= 4 is 18.1 Å². The van der Waals surface area contributed by atoms with Crippen LogP contribution in [-0.2, 0) is 4.79 Å². The molecule has 1 aromatic rings. The second-order valence-electron chi connectivity index (χ2n) is 4.01. The number of carbonyl (C=O) groups is 2. The second-order valence-corrected chi connectivity index (χ2v) is 4.01. The van der Waals surface area contributed by atoms with E-state index < -0.39 is 5.97 Å². The van der Waals surface area contributed by atoms with Gasteiger partial charge >= 0.3 is 12.0 Å². The van der Waals surface area contributed by atoms with Crippen molar-refractivity contribution in [2.75, 3.05) is 13.7 Å². The molecule has 0 spiro atoms. The number of hydrogen-bond acceptors (Lipinski definition) is 3. The largest absolute Gasteiger partial charge is 0.497 e. The summed E-state index contributed by atoms with van der Waals surface area (Å²) in [5.74, 6) is -0.129. The molecule has 0 aliphatic rings. The summed E-state index contributed by atoms with van der Waals surface area (Å²) in [6, 6.07) is 7.04. The molecule has 0 atom stereocenters. The van der Waals surface area contributed by atoms with Gasteiger partial charge in [-0.25, -0.2) is 4.79 Å². The number of carboxylic acids is 1. The Morgan fingerprint density at radius 1 is 1.40 bits per heavy atom. The van der Waals surface area contributed by atoms with Crippen molar-refractivity contribution in [1.29, 1.82) is 0 Å². The first kappa shape index (κ1) is 15.6. The van der Waals surface area contributed by atoms with Gasteiger partial charge in [0.25, 0.3) is 0 Å². The lowest BCUT2D eigenvalue weighted by Gasteiger charge is -2.03. The lowest BCUT2D eigenvalue weighted by atomic mass is 10.2. The highest BCUT2D eigenvalue weighted by atomic mass is 16.5. The Labute approximate surface area is 117 Å². The van der Waals surface area contributed by atoms with Crippen LogP contribution >= 0.6 is 0 Å². The molecule has 0 aromatic heterocycles. The Bertz CT molecular complexity index is 486. The maximum Gasteiger partial charge on any atom is 0.318 e. The first-order valence-electron chi connectivity index (χ1n) is 6.18. The molecule has 108 valence electrons. The van der Waals surface area contributed by atoms with Crippen LogP contribution in [0.25, 0.3) is 6.08 Å². The molecule has 0 fully saturated rings. The molecule has 0 unspecified atom stereocenters. The van der Waals surface area contributed by atoms with Gasteiger partial charge in [-0.1, -0.05) is 12.1 Å². The monoisotopic (exact) mass is 278 g/mol. The van der Waals surface area contributed by atoms with Crippen molar-refractivity contribution < 1.29 is 19.4 Å². The highest BCUT2D eigenvalue weighted by Gasteiger charge is 1.99. The zero-order valence-corrected chi connectivity index (χ0v) is 11.3. The predicted octanol–water partition coefficient (Wildman–Crippen LogP) is 1.83. The van der Waals surface area contributed by atoms with Gasteiger partial charge in [0.05, 0.1) is 7.11 Å². The summed E-state index contributed by atoms with van der Waals surface area (Å²) < 4.78 is 5.09. The molecular formula is C14H18N2O4. The standard InChI is InChI=1S/C14H18N2O4/c1-20-12-5-2-4-11(10-12)7-9-16-14(19)15-8-3-6-13(17)18/h2,4-5,7,9-10H,3,6,8H2,1H3,(H,17,18)(H2,15,16,19)/b9-7+. The molecule has 0 bridgehead atoms. The highest BCUT2D eigenvalue weighted by molar-refractivity contribution is 5.76. The van der Waals surface area contributed by atoms with Gasteiger partial charge < -0.3 is 20.5 Å². The maximum absolute atomic E-state index is 11.4. The van der Waals surface area contributed by atoms with Crippen molar-refractivity contribution in [3.8, 4) is 5.75 Å². The zero-order chi connectivity index (χ0) is 14.8. The zero-order valence-electron chi connectivity index (χ0n) is 11.3. The molecule has 20 heavy (non-hydrogen) atoms. The smallest absolute Gasteiger partial charge is 0.318 e. The van der Waals surface area contributed by atoms with Crippen molar-refractivity contribution in [2.45, 2.75) is 12.8 Å². The molecule has 3 N–H and O–H groups in total. The summed E-state index contributed by atoms with van der Waals surface area (Å²) in [5, 5.41) is 13.5. The summed E-state index contributed by atoms with van der Waals surface area (Å²) in [5.41, 5.74) is 0.899. The molecular weight excluding hydrogens is 260 g/mol. The van der Waals surface area contributed by atoms with E-state index in [1.807, 2.05) is 24.3 Å². The number of carboxylic acid groups (broad SMARTS) is 1. The molecule has 0 aliphatic carbocycles. The first-order valence-corrected chi connectivity index (χ1v) is 6.18. The Hall–Kier alpha value is -2.50. The van der Waals surface area contributed by atoms with Crippen LogP contribution in [0.2, 0.25) is 0 Å². The van der Waals surface area contributed by atoms with Crippen LogP contribution in [0.4, 0.5) is 4.79 Å². The number of rotatable bonds is 7. The van der Waals surface area contributed by atoms with E-state index in [1.54, 1.807) is 13.2 Å². The van der Waals surface area contributed by atoms with Gasteiger partial charge in [0.15, 0.2) is 0 Å². The number of amides is 2. The van der Waals surface area contributed by atoms with Crippen molar-refractivity contribution in [2.24, 2.45) is 0 Å². The highest BCUT2D eigenvalue weighted by Crippen LogP contribution is 2.13. The average molecular weight is 278 g/mol. The third kappa shape index (κ3) is 6.44. The van der Waals surface area contributed by atoms with Gasteiger partial charge in [0, 0.05) is 19.2 Å². The van der Waals surface area contributed by atoms with Crippen LogP contribution < -0.4 is 15.4 Å². The molecule has 0 saturated carbocycles. The normalized spacial score (nSPS) is 10.2. The van der Waals surface area contributed by atoms with Crippen LogP contribution in [0.3, 0.4) is 0 Å². The van der Waals surface area contributed by atoms with E-state index in [-0.39, 0.29) is 12.5 Å². The fourth-order valence-electron chi connectivity index (χ4n) is 1.45. The quantitative estimate of drug-likeness (QED) is 0.664. The Morgan fingerprint density at radius 3 is 2.90 bits per heavy atom. The maximum atomic E-state index is 11.4. The van der Waals surface area contributed by atoms with Crippen LogP contribution in [0.15, 0.2) is 30.5 Å². The van der Waals surface area contributed by atoms with Crippen molar-refractivity contribution in [1.82, 2.24) is 10.6 Å². The van der Waals surface area contributed by atoms with Gasteiger partial charge in [0.2, 0.25) is 0 Å². The Morgan fingerprint density at radius 2 is 2.20 bits per heavy atom. The van der Waals surface area contributed by atoms with Gasteiger partial charge in [-0.3, -0.25) is 4.79 Å². The third-order valence-corrected chi connectivity index (χ3v) is 2.44. The predicted molar refractivity (Wildman–Crippen MR) is 75.4 cm³/mol. The summed E-state index contributed by atoms with van der Waals surface area (Å²) >= 11 is 0. The minimum absolute atomic E-state index is 0.0416. The van der Waals surface area contributed by atoms with Crippen molar-refractivity contribution in [3.63, 3.8) is 0 Å². The van der Waals surface area contributed by atoms with E-state index in [4.69, 9.17) is 9.84 Å². The van der Waals surface area contributed by atoms with Gasteiger partial charge in [-0.2, -0.15) is 0 Å². The van der Waals surface area contributed by atoms with E-state index in [2.05, 4.69) is 10.6 Å². The van der Waals surface area contributed by atoms with E-state index in [0.717, 1.165) is 11.3 Å². The van der Waals surface area contributed by atoms with Crippen LogP contribution in [0.5, 0.6) is 5.75 Å². The second kappa shape index (κ2) is 8.58. The number of methoxy groups -OCH3 is 1. The summed E-state index contributed by atoms with van der Waals surface area (Å²) in [7, 11) is 1.59. The number of carbonyl (C=O) groups excluding carboxylic acids is 1. The number of hydrogen-bond donors (Lipinski definition) is 3. The summed E-state index contributed by atoms with van der Waals surface area (Å²) in [6.07, 6.45) is 3.70. The molecule has 0 heterocycles. The number of urea groups is 1. The topological polar surface area (TPSA) is 87.7 Å². The van der Waals surface area contributed by atoms with E-state index in [9.17, 15) is 9.59 Å². The molecule has 0 aliphatic heterocycles. The number of aliphatic carboxylic acids is 1. The molecule has 2 amide bonds. The molecule has 1 aromatic carbocycles. The number of benzene rings is 1. The molecule has 6 nitrogen and oxygen atoms in total. The van der Waals surface area contributed by atoms with E-state index in [0.29, 0.717) is 13.0 Å². The fraction of sp³-hybridized carbons (Fsp3) is 0.286. The van der Waals surface area contributed by atoms with E-state index in [1.165, 1.54) is 6.20 Å². The lowest BCUT2D eigenvalue weighted by molar-refractivity contribution is -0.137. The minimum atomic E-state index is -0.870. The number of nitrogens with one attached hydrogen (secondary N) is 2.